The molecule has 2 amide bonds. The zero-order valence-corrected chi connectivity index (χ0v) is 17.3. The zero-order valence-electron chi connectivity index (χ0n) is 15.8. The van der Waals surface area contributed by atoms with Gasteiger partial charge in [0.2, 0.25) is 5.91 Å². The highest BCUT2D eigenvalue weighted by molar-refractivity contribution is 9.10. The summed E-state index contributed by atoms with van der Waals surface area (Å²) in [7, 11) is 0. The Balaban J connectivity index is 1.55. The van der Waals surface area contributed by atoms with Gasteiger partial charge in [0.1, 0.15) is 0 Å². The number of benzene rings is 1. The third-order valence-electron chi connectivity index (χ3n) is 4.66. The number of piperidine rings is 1. The van der Waals surface area contributed by atoms with Gasteiger partial charge in [-0.15, -0.1) is 0 Å². The molecule has 6 heteroatoms. The van der Waals surface area contributed by atoms with Crippen LogP contribution >= 0.6 is 15.9 Å². The summed E-state index contributed by atoms with van der Waals surface area (Å²) in [5, 5.41) is 5.72. The van der Waals surface area contributed by atoms with Crippen molar-refractivity contribution in [3.05, 3.63) is 34.3 Å². The standard InChI is InChI=1S/C20H30BrN3O2/c1-15-12-16(2)14-24(13-15)11-3-9-22-19(25)8-10-23-20(26)17-4-6-18(21)7-5-17/h4-7,15-16H,3,8-14H2,1-2H3,(H,22,25)(H,23,26). The highest BCUT2D eigenvalue weighted by Gasteiger charge is 2.21. The lowest BCUT2D eigenvalue weighted by molar-refractivity contribution is -0.120. The number of carbonyl (C=O) groups excluding carboxylic acids is 2. The van der Waals surface area contributed by atoms with E-state index >= 15 is 0 Å². The van der Waals surface area contributed by atoms with Gasteiger partial charge < -0.3 is 15.5 Å². The summed E-state index contributed by atoms with van der Waals surface area (Å²) in [6, 6.07) is 7.15. The fraction of sp³-hybridized carbons (Fsp3) is 0.600. The summed E-state index contributed by atoms with van der Waals surface area (Å²) in [5.41, 5.74) is 0.596. The molecule has 2 N–H and O–H groups in total. The van der Waals surface area contributed by atoms with Gasteiger partial charge in [-0.3, -0.25) is 9.59 Å². The van der Waals surface area contributed by atoms with Crippen LogP contribution in [-0.4, -0.2) is 49.4 Å². The van der Waals surface area contributed by atoms with E-state index in [1.807, 2.05) is 12.1 Å². The van der Waals surface area contributed by atoms with Crippen LogP contribution in [-0.2, 0) is 4.79 Å². The second kappa shape index (κ2) is 10.7. The lowest BCUT2D eigenvalue weighted by Gasteiger charge is -2.34. The van der Waals surface area contributed by atoms with Crippen LogP contribution in [0.1, 0.15) is 43.5 Å². The number of nitrogens with zero attached hydrogens (tertiary/aromatic N) is 1. The predicted octanol–water partition coefficient (Wildman–Crippen LogP) is 3.05. The molecule has 144 valence electrons. The number of carbonyl (C=O) groups is 2. The Labute approximate surface area is 165 Å². The molecule has 0 bridgehead atoms. The van der Waals surface area contributed by atoms with Crippen LogP contribution in [0, 0.1) is 11.8 Å². The van der Waals surface area contributed by atoms with Crippen LogP contribution in [0.2, 0.25) is 0 Å². The van der Waals surface area contributed by atoms with Crippen molar-refractivity contribution in [3.8, 4) is 0 Å². The highest BCUT2D eigenvalue weighted by atomic mass is 79.9. The smallest absolute Gasteiger partial charge is 0.251 e. The molecule has 1 aromatic carbocycles. The van der Waals surface area contributed by atoms with E-state index in [1.54, 1.807) is 12.1 Å². The average molecular weight is 424 g/mol. The first kappa shape index (κ1) is 20.9. The molecule has 26 heavy (non-hydrogen) atoms. The van der Waals surface area contributed by atoms with Gasteiger partial charge in [-0.25, -0.2) is 0 Å². The van der Waals surface area contributed by atoms with Crippen molar-refractivity contribution in [1.82, 2.24) is 15.5 Å². The predicted molar refractivity (Wildman–Crippen MR) is 108 cm³/mol. The number of halogens is 1. The van der Waals surface area contributed by atoms with Crippen LogP contribution in [0.3, 0.4) is 0 Å². The summed E-state index contributed by atoms with van der Waals surface area (Å²) in [5.74, 6) is 1.37. The minimum Gasteiger partial charge on any atom is -0.356 e. The number of nitrogens with one attached hydrogen (secondary N) is 2. The molecule has 5 nitrogen and oxygen atoms in total. The molecule has 0 aromatic heterocycles. The molecular weight excluding hydrogens is 394 g/mol. The number of hydrogen-bond acceptors (Lipinski definition) is 3. The van der Waals surface area contributed by atoms with Gasteiger partial charge in [-0.1, -0.05) is 29.8 Å². The van der Waals surface area contributed by atoms with Gasteiger partial charge in [0.15, 0.2) is 0 Å². The molecule has 0 aliphatic carbocycles. The van der Waals surface area contributed by atoms with Crippen molar-refractivity contribution >= 4 is 27.7 Å². The van der Waals surface area contributed by atoms with Crippen LogP contribution < -0.4 is 10.6 Å². The van der Waals surface area contributed by atoms with Crippen LogP contribution in [0.25, 0.3) is 0 Å². The first-order valence-electron chi connectivity index (χ1n) is 9.47. The van der Waals surface area contributed by atoms with E-state index < -0.39 is 0 Å². The Hall–Kier alpha value is -1.40. The second-order valence-electron chi connectivity index (χ2n) is 7.42. The lowest BCUT2D eigenvalue weighted by Crippen LogP contribution is -2.40. The Morgan fingerprint density at radius 1 is 1.08 bits per heavy atom. The van der Waals surface area contributed by atoms with Gasteiger partial charge in [-0.05, 0) is 55.5 Å². The second-order valence-corrected chi connectivity index (χ2v) is 8.34. The maximum absolute atomic E-state index is 12.0. The van der Waals surface area contributed by atoms with Gasteiger partial charge in [0.05, 0.1) is 0 Å². The molecule has 1 fully saturated rings. The first-order chi connectivity index (χ1) is 12.4. The van der Waals surface area contributed by atoms with E-state index in [0.717, 1.165) is 29.3 Å². The van der Waals surface area contributed by atoms with E-state index in [9.17, 15) is 9.59 Å². The summed E-state index contributed by atoms with van der Waals surface area (Å²) in [4.78, 5) is 26.3. The summed E-state index contributed by atoms with van der Waals surface area (Å²) >= 11 is 3.34. The highest BCUT2D eigenvalue weighted by Crippen LogP contribution is 2.20. The fourth-order valence-electron chi connectivity index (χ4n) is 3.59. The van der Waals surface area contributed by atoms with Gasteiger partial charge in [0, 0.05) is 42.6 Å². The maximum atomic E-state index is 12.0. The Morgan fingerprint density at radius 2 is 1.73 bits per heavy atom. The van der Waals surface area contributed by atoms with Crippen LogP contribution in [0.15, 0.2) is 28.7 Å². The fourth-order valence-corrected chi connectivity index (χ4v) is 3.85. The van der Waals surface area contributed by atoms with Crippen molar-refractivity contribution in [1.29, 1.82) is 0 Å². The molecule has 1 aromatic rings. The number of rotatable bonds is 8. The zero-order chi connectivity index (χ0) is 18.9. The monoisotopic (exact) mass is 423 g/mol. The van der Waals surface area contributed by atoms with Crippen molar-refractivity contribution in [2.24, 2.45) is 11.8 Å². The molecule has 1 heterocycles. The molecule has 1 aliphatic rings. The lowest BCUT2D eigenvalue weighted by atomic mass is 9.92. The Morgan fingerprint density at radius 3 is 2.38 bits per heavy atom. The average Bonchev–Trinajstić information content (AvgIpc) is 2.58. The molecular formula is C20H30BrN3O2. The number of amides is 2. The van der Waals surface area contributed by atoms with Gasteiger partial charge >= 0.3 is 0 Å². The number of likely N-dealkylation sites (tertiary alicyclic amines) is 1. The topological polar surface area (TPSA) is 61.4 Å². The maximum Gasteiger partial charge on any atom is 0.251 e. The third kappa shape index (κ3) is 7.46. The van der Waals surface area contributed by atoms with Gasteiger partial charge in [0.25, 0.3) is 5.91 Å². The largest absolute Gasteiger partial charge is 0.356 e. The molecule has 1 saturated heterocycles. The van der Waals surface area contributed by atoms with Crippen molar-refractivity contribution in [2.45, 2.75) is 33.1 Å². The molecule has 0 radical (unpaired) electrons. The summed E-state index contributed by atoms with van der Waals surface area (Å²) < 4.78 is 0.932. The first-order valence-corrected chi connectivity index (χ1v) is 10.3. The number of hydrogen-bond donors (Lipinski definition) is 2. The minimum atomic E-state index is -0.154. The summed E-state index contributed by atoms with van der Waals surface area (Å²) in [6.07, 6.45) is 2.59. The quantitative estimate of drug-likeness (QED) is 0.631. The van der Waals surface area contributed by atoms with E-state index in [-0.39, 0.29) is 11.8 Å². The SMILES string of the molecule is CC1CC(C)CN(CCCNC(=O)CCNC(=O)c2ccc(Br)cc2)C1. The van der Waals surface area contributed by atoms with E-state index in [0.29, 0.717) is 25.1 Å². The van der Waals surface area contributed by atoms with Crippen molar-refractivity contribution < 1.29 is 9.59 Å². The molecule has 1 aliphatic heterocycles. The normalized spacial score (nSPS) is 20.6. The minimum absolute atomic E-state index is 0.0125. The van der Waals surface area contributed by atoms with E-state index in [1.165, 1.54) is 19.5 Å². The third-order valence-corrected chi connectivity index (χ3v) is 5.19. The van der Waals surface area contributed by atoms with Crippen molar-refractivity contribution in [3.63, 3.8) is 0 Å². The Kier molecular flexibility index (Phi) is 8.59. The van der Waals surface area contributed by atoms with Crippen LogP contribution in [0.5, 0.6) is 0 Å². The molecule has 0 saturated carbocycles. The van der Waals surface area contributed by atoms with Gasteiger partial charge in [-0.2, -0.15) is 0 Å². The molecule has 2 unspecified atom stereocenters. The van der Waals surface area contributed by atoms with Crippen LogP contribution in [0.4, 0.5) is 0 Å². The molecule has 2 rings (SSSR count). The Bertz CT molecular complexity index is 581. The van der Waals surface area contributed by atoms with E-state index in [4.69, 9.17) is 0 Å². The van der Waals surface area contributed by atoms with E-state index in [2.05, 4.69) is 45.3 Å². The van der Waals surface area contributed by atoms with Crippen molar-refractivity contribution in [2.75, 3.05) is 32.7 Å². The molecule has 0 spiro atoms. The summed E-state index contributed by atoms with van der Waals surface area (Å²) in [6.45, 7) is 9.04. The molecule has 2 atom stereocenters.